The number of esters is 1. The van der Waals surface area contributed by atoms with Crippen LogP contribution in [0.25, 0.3) is 0 Å². The Morgan fingerprint density at radius 2 is 1.86 bits per heavy atom. The van der Waals surface area contributed by atoms with E-state index in [1.54, 1.807) is 25.1 Å². The van der Waals surface area contributed by atoms with Gasteiger partial charge in [-0.15, -0.1) is 0 Å². The van der Waals surface area contributed by atoms with Crippen LogP contribution in [-0.4, -0.2) is 38.0 Å². The lowest BCUT2D eigenvalue weighted by molar-refractivity contribution is -0.155. The van der Waals surface area contributed by atoms with Gasteiger partial charge in [-0.3, -0.25) is 0 Å². The maximum absolute atomic E-state index is 12.7. The molecule has 0 saturated heterocycles. The maximum atomic E-state index is 12.7. The van der Waals surface area contributed by atoms with E-state index < -0.39 is 21.7 Å². The molecule has 0 bridgehead atoms. The number of carbonyl (C=O) groups is 1. The molecule has 2 N–H and O–H groups in total. The van der Waals surface area contributed by atoms with Gasteiger partial charge < -0.3 is 10.5 Å². The third-order valence-electron chi connectivity index (χ3n) is 3.31. The van der Waals surface area contributed by atoms with E-state index in [1.807, 2.05) is 13.8 Å². The van der Waals surface area contributed by atoms with Gasteiger partial charge in [-0.1, -0.05) is 32.0 Å². The van der Waals surface area contributed by atoms with Crippen LogP contribution >= 0.6 is 0 Å². The van der Waals surface area contributed by atoms with Crippen molar-refractivity contribution in [2.75, 3.05) is 13.7 Å². The fourth-order valence-electron chi connectivity index (χ4n) is 2.18. The van der Waals surface area contributed by atoms with Crippen molar-refractivity contribution in [2.24, 2.45) is 11.7 Å². The summed E-state index contributed by atoms with van der Waals surface area (Å²) < 4.78 is 31.3. The van der Waals surface area contributed by atoms with Crippen molar-refractivity contribution in [2.45, 2.75) is 37.8 Å². The molecule has 0 spiro atoms. The molecule has 1 aromatic carbocycles. The molecule has 0 aliphatic heterocycles. The lowest BCUT2D eigenvalue weighted by atomic mass is 9.98. The molecule has 6 nitrogen and oxygen atoms in total. The zero-order valence-electron chi connectivity index (χ0n) is 13.4. The summed E-state index contributed by atoms with van der Waals surface area (Å²) in [6.45, 7) is 5.52. The third-order valence-corrected chi connectivity index (χ3v) is 5.23. The molecule has 1 aromatic rings. The number of benzene rings is 1. The predicted molar refractivity (Wildman–Crippen MR) is 84.4 cm³/mol. The van der Waals surface area contributed by atoms with E-state index in [-0.39, 0.29) is 23.8 Å². The van der Waals surface area contributed by atoms with Crippen LogP contribution < -0.4 is 5.73 Å². The highest BCUT2D eigenvalue weighted by atomic mass is 32.2. The predicted octanol–water partition coefficient (Wildman–Crippen LogP) is 1.57. The monoisotopic (exact) mass is 328 g/mol. The number of ether oxygens (including phenoxy) is 1. The lowest BCUT2D eigenvalue weighted by Crippen LogP contribution is -2.63. The van der Waals surface area contributed by atoms with Gasteiger partial charge in [0.25, 0.3) is 0 Å². The van der Waals surface area contributed by atoms with Crippen molar-refractivity contribution >= 4 is 16.0 Å². The molecule has 0 unspecified atom stereocenters. The van der Waals surface area contributed by atoms with Gasteiger partial charge in [-0.2, -0.15) is 4.31 Å². The first-order chi connectivity index (χ1) is 10.2. The van der Waals surface area contributed by atoms with Crippen LogP contribution in [-0.2, 0) is 19.6 Å². The van der Waals surface area contributed by atoms with Crippen molar-refractivity contribution in [3.8, 4) is 0 Å². The molecular weight excluding hydrogens is 304 g/mol. The van der Waals surface area contributed by atoms with Crippen LogP contribution in [0.3, 0.4) is 0 Å². The topological polar surface area (TPSA) is 89.7 Å². The molecule has 124 valence electrons. The first-order valence-corrected chi connectivity index (χ1v) is 8.60. The van der Waals surface area contributed by atoms with Gasteiger partial charge in [0.1, 0.15) is 0 Å². The Labute approximate surface area is 132 Å². The second-order valence-corrected chi connectivity index (χ2v) is 7.50. The van der Waals surface area contributed by atoms with Crippen LogP contribution in [0.4, 0.5) is 0 Å². The molecule has 0 amide bonds. The Morgan fingerprint density at radius 3 is 2.32 bits per heavy atom. The summed E-state index contributed by atoms with van der Waals surface area (Å²) in [7, 11) is -2.59. The normalized spacial score (nSPS) is 14.9. The molecule has 0 aliphatic carbocycles. The van der Waals surface area contributed by atoms with E-state index in [4.69, 9.17) is 10.5 Å². The highest BCUT2D eigenvalue weighted by Gasteiger charge is 2.46. The van der Waals surface area contributed by atoms with Crippen LogP contribution in [0.2, 0.25) is 0 Å². The molecule has 0 fully saturated rings. The molecule has 7 heteroatoms. The summed E-state index contributed by atoms with van der Waals surface area (Å²) in [5.41, 5.74) is 4.43. The summed E-state index contributed by atoms with van der Waals surface area (Å²) in [4.78, 5) is 12.4. The van der Waals surface area contributed by atoms with Crippen molar-refractivity contribution in [1.82, 2.24) is 4.31 Å². The minimum absolute atomic E-state index is 0.0165. The SMILES string of the molecule is CCOC(=O)[C@](N)(CC(C)C)N(C)S(=O)(=O)c1ccccc1. The van der Waals surface area contributed by atoms with E-state index in [2.05, 4.69) is 0 Å². The molecule has 0 aromatic heterocycles. The number of rotatable bonds is 7. The van der Waals surface area contributed by atoms with Crippen molar-refractivity contribution < 1.29 is 17.9 Å². The van der Waals surface area contributed by atoms with E-state index in [1.165, 1.54) is 19.2 Å². The highest BCUT2D eigenvalue weighted by Crippen LogP contribution is 2.26. The van der Waals surface area contributed by atoms with Gasteiger partial charge in [-0.25, -0.2) is 13.2 Å². The Kier molecular flexibility index (Phi) is 6.10. The molecule has 22 heavy (non-hydrogen) atoms. The molecule has 0 saturated carbocycles. The summed E-state index contributed by atoms with van der Waals surface area (Å²) in [5.74, 6) is -0.728. The second-order valence-electron chi connectivity index (χ2n) is 5.53. The first kappa shape index (κ1) is 18.6. The van der Waals surface area contributed by atoms with Gasteiger partial charge in [0.15, 0.2) is 5.66 Å². The Balaban J connectivity index is 3.27. The smallest absolute Gasteiger partial charge is 0.342 e. The standard InChI is InChI=1S/C15H24N2O4S/c1-5-21-14(18)15(16,11-12(2)3)17(4)22(19,20)13-9-7-6-8-10-13/h6-10,12H,5,11,16H2,1-4H3/t15-/m0/s1. The molecule has 0 heterocycles. The fourth-order valence-corrected chi connectivity index (χ4v) is 3.58. The molecule has 0 aliphatic rings. The van der Waals surface area contributed by atoms with Crippen LogP contribution in [0.1, 0.15) is 27.2 Å². The van der Waals surface area contributed by atoms with Crippen molar-refractivity contribution in [1.29, 1.82) is 0 Å². The molecular formula is C15H24N2O4S. The van der Waals surface area contributed by atoms with Gasteiger partial charge in [0.05, 0.1) is 11.5 Å². The number of hydrogen-bond acceptors (Lipinski definition) is 5. The number of hydrogen-bond donors (Lipinski definition) is 1. The number of nitrogens with zero attached hydrogens (tertiary/aromatic N) is 1. The molecule has 0 radical (unpaired) electrons. The average molecular weight is 328 g/mol. The Morgan fingerprint density at radius 1 is 1.32 bits per heavy atom. The Hall–Kier alpha value is -1.44. The number of nitrogens with two attached hydrogens (primary N) is 1. The quantitative estimate of drug-likeness (QED) is 0.606. The second kappa shape index (κ2) is 7.21. The summed E-state index contributed by atoms with van der Waals surface area (Å²) >= 11 is 0. The van der Waals surface area contributed by atoms with E-state index >= 15 is 0 Å². The van der Waals surface area contributed by atoms with Crippen molar-refractivity contribution in [3.63, 3.8) is 0 Å². The summed E-state index contributed by atoms with van der Waals surface area (Å²) in [6.07, 6.45) is 0.161. The maximum Gasteiger partial charge on any atom is 0.342 e. The number of carbonyl (C=O) groups excluding carboxylic acids is 1. The minimum Gasteiger partial charge on any atom is -0.464 e. The minimum atomic E-state index is -3.90. The molecule has 1 rings (SSSR count). The van der Waals surface area contributed by atoms with Gasteiger partial charge in [0, 0.05) is 7.05 Å². The zero-order valence-corrected chi connectivity index (χ0v) is 14.3. The zero-order chi connectivity index (χ0) is 17.0. The largest absolute Gasteiger partial charge is 0.464 e. The molecule has 1 atom stereocenters. The van der Waals surface area contributed by atoms with Crippen molar-refractivity contribution in [3.05, 3.63) is 30.3 Å². The van der Waals surface area contributed by atoms with Gasteiger partial charge in [0.2, 0.25) is 10.0 Å². The summed E-state index contributed by atoms with van der Waals surface area (Å²) in [6, 6.07) is 7.88. The highest BCUT2D eigenvalue weighted by molar-refractivity contribution is 7.89. The summed E-state index contributed by atoms with van der Waals surface area (Å²) in [5, 5.41) is 0. The Bertz CT molecular complexity index is 601. The van der Waals surface area contributed by atoms with Crippen LogP contribution in [0, 0.1) is 5.92 Å². The van der Waals surface area contributed by atoms with E-state index in [0.29, 0.717) is 0 Å². The van der Waals surface area contributed by atoms with Crippen LogP contribution in [0.5, 0.6) is 0 Å². The van der Waals surface area contributed by atoms with E-state index in [9.17, 15) is 13.2 Å². The van der Waals surface area contributed by atoms with Crippen LogP contribution in [0.15, 0.2) is 35.2 Å². The fraction of sp³-hybridized carbons (Fsp3) is 0.533. The first-order valence-electron chi connectivity index (χ1n) is 7.16. The third kappa shape index (κ3) is 3.85. The van der Waals surface area contributed by atoms with E-state index in [0.717, 1.165) is 4.31 Å². The number of sulfonamides is 1. The lowest BCUT2D eigenvalue weighted by Gasteiger charge is -2.36. The van der Waals surface area contributed by atoms with Gasteiger partial charge >= 0.3 is 5.97 Å². The number of likely N-dealkylation sites (N-methyl/N-ethyl adjacent to an activating group) is 1. The van der Waals surface area contributed by atoms with Gasteiger partial charge in [-0.05, 0) is 31.4 Å². The average Bonchev–Trinajstić information content (AvgIpc) is 2.46.